The Labute approximate surface area is 166 Å². The second kappa shape index (κ2) is 7.98. The van der Waals surface area contributed by atoms with Crippen molar-refractivity contribution >= 4 is 36.6 Å². The maximum atomic E-state index is 5.89. The molecule has 2 saturated carbocycles. The number of nitrogens with zero attached hydrogens (tertiary/aromatic N) is 4. The third-order valence-corrected chi connectivity index (χ3v) is 5.39. The van der Waals surface area contributed by atoms with Gasteiger partial charge in [0, 0.05) is 48.9 Å². The van der Waals surface area contributed by atoms with Crippen molar-refractivity contribution < 1.29 is 0 Å². The Morgan fingerprint density at radius 2 is 2.00 bits per heavy atom. The van der Waals surface area contributed by atoms with Crippen LogP contribution in [0.25, 0.3) is 0 Å². The maximum Gasteiger partial charge on any atom is 0.222 e. The third-order valence-electron chi connectivity index (χ3n) is 5.39. The second-order valence-electron chi connectivity index (χ2n) is 7.42. The van der Waals surface area contributed by atoms with Gasteiger partial charge in [-0.2, -0.15) is 4.98 Å². The predicted octanol–water partition coefficient (Wildman–Crippen LogP) is 2.50. The summed E-state index contributed by atoms with van der Waals surface area (Å²) in [5, 5.41) is 3.48. The molecule has 26 heavy (non-hydrogen) atoms. The smallest absolute Gasteiger partial charge is 0.222 e. The van der Waals surface area contributed by atoms with E-state index in [0.29, 0.717) is 23.3 Å². The highest BCUT2D eigenvalue weighted by Gasteiger charge is 2.43. The van der Waals surface area contributed by atoms with Gasteiger partial charge in [-0.15, -0.1) is 24.8 Å². The van der Waals surface area contributed by atoms with Gasteiger partial charge in [-0.3, -0.25) is 0 Å². The van der Waals surface area contributed by atoms with E-state index in [1.807, 2.05) is 19.2 Å². The summed E-state index contributed by atoms with van der Waals surface area (Å²) in [6.07, 6.45) is 8.33. The zero-order valence-corrected chi connectivity index (χ0v) is 16.5. The first-order valence-electron chi connectivity index (χ1n) is 8.65. The highest BCUT2D eigenvalue weighted by Crippen LogP contribution is 2.47. The highest BCUT2D eigenvalue weighted by atomic mass is 35.5. The van der Waals surface area contributed by atoms with Crippen LogP contribution in [0.4, 0.5) is 11.8 Å². The number of anilines is 2. The van der Waals surface area contributed by atoms with Crippen LogP contribution in [0.1, 0.15) is 43.1 Å². The van der Waals surface area contributed by atoms with Gasteiger partial charge < -0.3 is 21.4 Å². The first-order chi connectivity index (χ1) is 11.5. The first kappa shape index (κ1) is 20.7. The summed E-state index contributed by atoms with van der Waals surface area (Å²) in [5.74, 6) is 2.66. The van der Waals surface area contributed by atoms with Crippen molar-refractivity contribution in [2.75, 3.05) is 17.6 Å². The maximum absolute atomic E-state index is 5.89. The Bertz CT molecular complexity index is 738. The van der Waals surface area contributed by atoms with E-state index in [9.17, 15) is 0 Å². The van der Waals surface area contributed by atoms with Gasteiger partial charge in [0.15, 0.2) is 0 Å². The minimum absolute atomic E-state index is 0. The number of imidazole rings is 1. The van der Waals surface area contributed by atoms with E-state index in [-0.39, 0.29) is 24.8 Å². The summed E-state index contributed by atoms with van der Waals surface area (Å²) in [7, 11) is 0. The molecule has 0 saturated heterocycles. The van der Waals surface area contributed by atoms with Crippen LogP contribution in [0.5, 0.6) is 0 Å². The second-order valence-corrected chi connectivity index (χ2v) is 7.42. The fourth-order valence-corrected chi connectivity index (χ4v) is 3.47. The predicted molar refractivity (Wildman–Crippen MR) is 108 cm³/mol. The molecule has 0 unspecified atom stereocenters. The highest BCUT2D eigenvalue weighted by molar-refractivity contribution is 5.85. The van der Waals surface area contributed by atoms with Crippen LogP contribution < -0.4 is 16.8 Å². The van der Waals surface area contributed by atoms with Gasteiger partial charge in [-0.1, -0.05) is 0 Å². The molecule has 2 fully saturated rings. The van der Waals surface area contributed by atoms with E-state index >= 15 is 0 Å². The monoisotopic (exact) mass is 399 g/mol. The van der Waals surface area contributed by atoms with E-state index in [4.69, 9.17) is 11.5 Å². The number of nitrogens with one attached hydrogen (secondary N) is 1. The Morgan fingerprint density at radius 1 is 1.27 bits per heavy atom. The summed E-state index contributed by atoms with van der Waals surface area (Å²) in [4.78, 5) is 13.0. The minimum atomic E-state index is 0. The zero-order chi connectivity index (χ0) is 16.7. The standard InChI is InChI=1S/C17H25N7.2ClH/c1-11-20-4-5-24(11)10-17(2-3-17)9-21-15-8-14(22-16(19)23-15)12-6-13(18)7-12;;/h4-5,8,12-13H,2-3,6-7,9-10,18H2,1H3,(H3,19,21,22,23);2*1H. The topological polar surface area (TPSA) is 108 Å². The van der Waals surface area contributed by atoms with Crippen molar-refractivity contribution in [2.24, 2.45) is 11.1 Å². The fourth-order valence-electron chi connectivity index (χ4n) is 3.47. The van der Waals surface area contributed by atoms with Crippen LogP contribution in [0.3, 0.4) is 0 Å². The molecular weight excluding hydrogens is 373 g/mol. The van der Waals surface area contributed by atoms with Crippen molar-refractivity contribution in [3.63, 3.8) is 0 Å². The molecule has 9 heteroatoms. The lowest BCUT2D eigenvalue weighted by Crippen LogP contribution is -2.35. The van der Waals surface area contributed by atoms with Crippen LogP contribution in [-0.4, -0.2) is 32.1 Å². The number of aromatic nitrogens is 4. The molecule has 0 spiro atoms. The van der Waals surface area contributed by atoms with Gasteiger partial charge in [0.25, 0.3) is 0 Å². The van der Waals surface area contributed by atoms with Gasteiger partial charge in [0.05, 0.1) is 5.69 Å². The molecule has 0 radical (unpaired) electrons. The van der Waals surface area contributed by atoms with Crippen molar-refractivity contribution in [3.8, 4) is 0 Å². The molecule has 2 aliphatic carbocycles. The van der Waals surface area contributed by atoms with Gasteiger partial charge in [0.1, 0.15) is 11.6 Å². The van der Waals surface area contributed by atoms with Crippen LogP contribution in [0.15, 0.2) is 18.5 Å². The lowest BCUT2D eigenvalue weighted by Gasteiger charge is -2.32. The van der Waals surface area contributed by atoms with E-state index in [1.165, 1.54) is 12.8 Å². The first-order valence-corrected chi connectivity index (χ1v) is 8.65. The van der Waals surface area contributed by atoms with Crippen molar-refractivity contribution in [3.05, 3.63) is 30.0 Å². The quantitative estimate of drug-likeness (QED) is 0.688. The Kier molecular flexibility index (Phi) is 6.37. The van der Waals surface area contributed by atoms with Gasteiger partial charge in [-0.05, 0) is 32.6 Å². The van der Waals surface area contributed by atoms with Crippen molar-refractivity contribution in [2.45, 2.75) is 51.1 Å². The Balaban J connectivity index is 0.00000121. The number of hydrogen-bond acceptors (Lipinski definition) is 6. The minimum Gasteiger partial charge on any atom is -0.369 e. The van der Waals surface area contributed by atoms with Crippen molar-refractivity contribution in [1.29, 1.82) is 0 Å². The van der Waals surface area contributed by atoms with Crippen LogP contribution in [-0.2, 0) is 6.54 Å². The normalized spacial score (nSPS) is 22.5. The molecule has 0 amide bonds. The summed E-state index contributed by atoms with van der Waals surface area (Å²) in [6, 6.07) is 2.33. The Morgan fingerprint density at radius 3 is 2.58 bits per heavy atom. The number of hydrogen-bond donors (Lipinski definition) is 3. The van der Waals surface area contributed by atoms with Gasteiger partial charge >= 0.3 is 0 Å². The third kappa shape index (κ3) is 4.39. The number of nitrogens with two attached hydrogens (primary N) is 2. The van der Waals surface area contributed by atoms with E-state index in [2.05, 4.69) is 31.0 Å². The average Bonchev–Trinajstić information content (AvgIpc) is 3.17. The lowest BCUT2D eigenvalue weighted by molar-refractivity contribution is 0.345. The van der Waals surface area contributed by atoms with Gasteiger partial charge in [-0.25, -0.2) is 9.97 Å². The molecule has 0 atom stereocenters. The van der Waals surface area contributed by atoms with E-state index in [1.54, 1.807) is 0 Å². The molecule has 2 aliphatic rings. The average molecular weight is 400 g/mol. The van der Waals surface area contributed by atoms with Crippen LogP contribution >= 0.6 is 24.8 Å². The fraction of sp³-hybridized carbons (Fsp3) is 0.588. The number of nitrogen functional groups attached to an aromatic ring is 1. The zero-order valence-electron chi connectivity index (χ0n) is 14.9. The molecule has 2 aromatic heterocycles. The molecule has 144 valence electrons. The van der Waals surface area contributed by atoms with Gasteiger partial charge in [0.2, 0.25) is 5.95 Å². The molecular formula is C17H27Cl2N7. The van der Waals surface area contributed by atoms with Crippen molar-refractivity contribution in [1.82, 2.24) is 19.5 Å². The summed E-state index contributed by atoms with van der Waals surface area (Å²) in [5.41, 5.74) is 13.1. The molecule has 2 aromatic rings. The molecule has 5 N–H and O–H groups in total. The van der Waals surface area contributed by atoms with E-state index in [0.717, 1.165) is 43.3 Å². The number of halogens is 2. The number of aryl methyl sites for hydroxylation is 1. The summed E-state index contributed by atoms with van der Waals surface area (Å²) in [6.45, 7) is 3.94. The Hall–Kier alpha value is -1.57. The molecule has 2 heterocycles. The largest absolute Gasteiger partial charge is 0.369 e. The molecule has 0 bridgehead atoms. The van der Waals surface area contributed by atoms with Crippen LogP contribution in [0, 0.1) is 12.3 Å². The molecule has 0 aromatic carbocycles. The van der Waals surface area contributed by atoms with E-state index < -0.39 is 0 Å². The van der Waals surface area contributed by atoms with Crippen LogP contribution in [0.2, 0.25) is 0 Å². The lowest BCUT2D eigenvalue weighted by atomic mass is 9.78. The summed E-state index contributed by atoms with van der Waals surface area (Å²) >= 11 is 0. The SMILES string of the molecule is Cc1nccn1CC1(CNc2cc(C3CC(N)C3)nc(N)n2)CC1.Cl.Cl. The summed E-state index contributed by atoms with van der Waals surface area (Å²) < 4.78 is 2.23. The molecule has 0 aliphatic heterocycles. The molecule has 7 nitrogen and oxygen atoms in total. The number of rotatable bonds is 6. The molecule has 4 rings (SSSR count).